The molecule has 1 aliphatic carbocycles. The van der Waals surface area contributed by atoms with Gasteiger partial charge in [0, 0.05) is 0 Å². The van der Waals surface area contributed by atoms with Gasteiger partial charge in [-0.3, -0.25) is 0 Å². The quantitative estimate of drug-likeness (QED) is 0.525. The van der Waals surface area contributed by atoms with E-state index in [2.05, 4.69) is 62.3 Å². The van der Waals surface area contributed by atoms with Gasteiger partial charge < -0.3 is 0 Å². The molecule has 0 radical (unpaired) electrons. The van der Waals surface area contributed by atoms with Crippen molar-refractivity contribution in [3.8, 4) is 0 Å². The lowest BCUT2D eigenvalue weighted by Crippen LogP contribution is -2.40. The molecule has 0 spiro atoms. The molecule has 0 heteroatoms. The van der Waals surface area contributed by atoms with E-state index in [1.165, 1.54) is 0 Å². The van der Waals surface area contributed by atoms with E-state index in [0.29, 0.717) is 21.7 Å². The Morgan fingerprint density at radius 3 is 0.857 bits per heavy atom. The van der Waals surface area contributed by atoms with E-state index in [0.717, 1.165) is 5.92 Å². The SMILES string of the molecule is CC1C(C)(C)C(C)(C)C(C)(C)C1(C)C. The molecule has 84 valence electrons. The molecule has 0 unspecified atom stereocenters. The third-order valence-corrected chi connectivity index (χ3v) is 6.95. The van der Waals surface area contributed by atoms with Crippen molar-refractivity contribution in [1.29, 1.82) is 0 Å². The van der Waals surface area contributed by atoms with Crippen molar-refractivity contribution in [3.63, 3.8) is 0 Å². The molecule has 0 aromatic heterocycles. The smallest absolute Gasteiger partial charge is 0.0244 e. The van der Waals surface area contributed by atoms with Crippen LogP contribution in [-0.4, -0.2) is 0 Å². The van der Waals surface area contributed by atoms with Crippen LogP contribution in [-0.2, 0) is 0 Å². The molecule has 14 heavy (non-hydrogen) atoms. The lowest BCUT2D eigenvalue weighted by Gasteiger charge is -2.47. The van der Waals surface area contributed by atoms with Gasteiger partial charge in [0.2, 0.25) is 0 Å². The summed E-state index contributed by atoms with van der Waals surface area (Å²) in [5.41, 5.74) is 1.62. The van der Waals surface area contributed by atoms with Crippen molar-refractivity contribution in [3.05, 3.63) is 0 Å². The van der Waals surface area contributed by atoms with Gasteiger partial charge in [-0.15, -0.1) is 0 Å². The van der Waals surface area contributed by atoms with Gasteiger partial charge in [-0.25, -0.2) is 0 Å². The average molecular weight is 196 g/mol. The highest BCUT2D eigenvalue weighted by molar-refractivity contribution is 5.14. The first-order valence-corrected chi connectivity index (χ1v) is 5.90. The molecule has 1 fully saturated rings. The first-order chi connectivity index (χ1) is 5.90. The number of hydrogen-bond acceptors (Lipinski definition) is 0. The second-order valence-electron chi connectivity index (χ2n) is 7.42. The molecule has 0 bridgehead atoms. The Hall–Kier alpha value is 0. The maximum absolute atomic E-state index is 2.44. The van der Waals surface area contributed by atoms with E-state index < -0.39 is 0 Å². The van der Waals surface area contributed by atoms with Crippen LogP contribution < -0.4 is 0 Å². The Labute approximate surface area is 90.5 Å². The maximum atomic E-state index is 2.44. The standard InChI is InChI=1S/C14H28/c1-10-11(2,3)13(6,7)14(8,9)12(10,4)5/h10H,1-9H3. The summed E-state index contributed by atoms with van der Waals surface area (Å²) in [6.07, 6.45) is 0. The maximum Gasteiger partial charge on any atom is -0.0244 e. The van der Waals surface area contributed by atoms with E-state index in [-0.39, 0.29) is 0 Å². The molecule has 1 rings (SSSR count). The van der Waals surface area contributed by atoms with E-state index in [1.54, 1.807) is 0 Å². The fourth-order valence-corrected chi connectivity index (χ4v) is 3.60. The molecule has 1 saturated carbocycles. The summed E-state index contributed by atoms with van der Waals surface area (Å²) < 4.78 is 0. The van der Waals surface area contributed by atoms with Gasteiger partial charge in [0.25, 0.3) is 0 Å². The summed E-state index contributed by atoms with van der Waals surface area (Å²) >= 11 is 0. The first-order valence-electron chi connectivity index (χ1n) is 5.90. The molecule has 0 amide bonds. The Morgan fingerprint density at radius 1 is 0.571 bits per heavy atom. The van der Waals surface area contributed by atoms with E-state index in [1.807, 2.05) is 0 Å². The van der Waals surface area contributed by atoms with Gasteiger partial charge in [0.15, 0.2) is 0 Å². The van der Waals surface area contributed by atoms with Crippen molar-refractivity contribution in [2.24, 2.45) is 27.6 Å². The summed E-state index contributed by atoms with van der Waals surface area (Å²) in [6.45, 7) is 22.0. The Bertz CT molecular complexity index is 215. The van der Waals surface area contributed by atoms with Gasteiger partial charge in [-0.1, -0.05) is 62.3 Å². The predicted molar refractivity (Wildman–Crippen MR) is 64.3 cm³/mol. The normalized spacial score (nSPS) is 33.2. The second kappa shape index (κ2) is 2.57. The molecule has 0 saturated heterocycles. The molecule has 1 aliphatic rings. The lowest BCUT2D eigenvalue weighted by atomic mass is 9.57. The van der Waals surface area contributed by atoms with Gasteiger partial charge >= 0.3 is 0 Å². The summed E-state index contributed by atoms with van der Waals surface area (Å²) in [5.74, 6) is 0.764. The zero-order chi connectivity index (χ0) is 11.6. The highest BCUT2D eigenvalue weighted by Gasteiger charge is 2.66. The highest BCUT2D eigenvalue weighted by atomic mass is 14.7. The van der Waals surface area contributed by atoms with Crippen molar-refractivity contribution in [1.82, 2.24) is 0 Å². The summed E-state index contributed by atoms with van der Waals surface area (Å²) in [5, 5.41) is 0. The highest BCUT2D eigenvalue weighted by Crippen LogP contribution is 2.72. The van der Waals surface area contributed by atoms with Crippen LogP contribution in [0.4, 0.5) is 0 Å². The third kappa shape index (κ3) is 0.955. The van der Waals surface area contributed by atoms with Gasteiger partial charge in [0.1, 0.15) is 0 Å². The van der Waals surface area contributed by atoms with Crippen LogP contribution in [0.1, 0.15) is 62.3 Å². The number of hydrogen-bond donors (Lipinski definition) is 0. The second-order valence-corrected chi connectivity index (χ2v) is 7.42. The monoisotopic (exact) mass is 196 g/mol. The van der Waals surface area contributed by atoms with E-state index in [9.17, 15) is 0 Å². The Balaban J connectivity index is 3.38. The molecular weight excluding hydrogens is 168 g/mol. The third-order valence-electron chi connectivity index (χ3n) is 6.95. The van der Waals surface area contributed by atoms with Crippen LogP contribution >= 0.6 is 0 Å². The molecule has 0 N–H and O–H groups in total. The Morgan fingerprint density at radius 2 is 0.786 bits per heavy atom. The molecule has 0 aromatic rings. The molecule has 0 nitrogen and oxygen atoms in total. The minimum atomic E-state index is 0.392. The van der Waals surface area contributed by atoms with Gasteiger partial charge in [-0.05, 0) is 27.6 Å². The summed E-state index contributed by atoms with van der Waals surface area (Å²) in [7, 11) is 0. The van der Waals surface area contributed by atoms with E-state index >= 15 is 0 Å². The zero-order valence-corrected chi connectivity index (χ0v) is 11.6. The lowest BCUT2D eigenvalue weighted by molar-refractivity contribution is 0.0135. The van der Waals surface area contributed by atoms with Crippen LogP contribution in [0, 0.1) is 27.6 Å². The molecule has 0 atom stereocenters. The van der Waals surface area contributed by atoms with Crippen molar-refractivity contribution < 1.29 is 0 Å². The fraction of sp³-hybridized carbons (Fsp3) is 1.00. The summed E-state index contributed by atoms with van der Waals surface area (Å²) in [4.78, 5) is 0. The average Bonchev–Trinajstić information content (AvgIpc) is 2.05. The molecular formula is C14H28. The van der Waals surface area contributed by atoms with Crippen molar-refractivity contribution in [2.75, 3.05) is 0 Å². The summed E-state index contributed by atoms with van der Waals surface area (Å²) in [6, 6.07) is 0. The van der Waals surface area contributed by atoms with Crippen LogP contribution in [0.5, 0.6) is 0 Å². The van der Waals surface area contributed by atoms with Crippen molar-refractivity contribution >= 4 is 0 Å². The topological polar surface area (TPSA) is 0 Å². The Kier molecular flexibility index (Phi) is 2.21. The minimum absolute atomic E-state index is 0.392. The molecule has 0 aliphatic heterocycles. The minimum Gasteiger partial charge on any atom is -0.0614 e. The zero-order valence-electron chi connectivity index (χ0n) is 11.6. The van der Waals surface area contributed by atoms with E-state index in [4.69, 9.17) is 0 Å². The fourth-order valence-electron chi connectivity index (χ4n) is 3.60. The van der Waals surface area contributed by atoms with Crippen LogP contribution in [0.3, 0.4) is 0 Å². The van der Waals surface area contributed by atoms with Crippen LogP contribution in [0.15, 0.2) is 0 Å². The largest absolute Gasteiger partial charge is 0.0614 e. The van der Waals surface area contributed by atoms with Crippen molar-refractivity contribution in [2.45, 2.75) is 62.3 Å². The first kappa shape index (κ1) is 12.1. The predicted octanol–water partition coefficient (Wildman–Crippen LogP) is 4.74. The molecule has 0 heterocycles. The molecule has 0 aromatic carbocycles. The van der Waals surface area contributed by atoms with Gasteiger partial charge in [-0.2, -0.15) is 0 Å². The van der Waals surface area contributed by atoms with Crippen LogP contribution in [0.2, 0.25) is 0 Å². The number of rotatable bonds is 0. The van der Waals surface area contributed by atoms with Gasteiger partial charge in [0.05, 0.1) is 0 Å². The van der Waals surface area contributed by atoms with Crippen LogP contribution in [0.25, 0.3) is 0 Å².